The molecule has 0 radical (unpaired) electrons. The number of unbranched alkanes of at least 4 members (excludes halogenated alkanes) is 1. The third kappa shape index (κ3) is 2.38. The van der Waals surface area contributed by atoms with Crippen molar-refractivity contribution >= 4 is 22.3 Å². The van der Waals surface area contributed by atoms with Crippen molar-refractivity contribution in [1.29, 1.82) is 5.26 Å². The fourth-order valence-electron chi connectivity index (χ4n) is 2.04. The van der Waals surface area contributed by atoms with Gasteiger partial charge in [0.05, 0.1) is 16.8 Å². The van der Waals surface area contributed by atoms with Crippen LogP contribution in [0, 0.1) is 11.3 Å². The number of hydrogen-bond acceptors (Lipinski definition) is 4. The van der Waals surface area contributed by atoms with Crippen LogP contribution in [0.5, 0.6) is 0 Å². The summed E-state index contributed by atoms with van der Waals surface area (Å²) in [5.74, 6) is 0. The Hall–Kier alpha value is -2.12. The Kier molecular flexibility index (Phi) is 3.30. The topological polar surface area (TPSA) is 49.8 Å². The zero-order chi connectivity index (χ0) is 13.1. The SMILES string of the molecule is N#CCCCc1nc(-c2coc3ccccc23)cs1. The zero-order valence-electron chi connectivity index (χ0n) is 10.3. The molecule has 94 valence electrons. The van der Waals surface area contributed by atoms with E-state index in [2.05, 4.69) is 16.4 Å². The van der Waals surface area contributed by atoms with Gasteiger partial charge in [-0.1, -0.05) is 18.2 Å². The second kappa shape index (κ2) is 5.25. The first kappa shape index (κ1) is 11.9. The average Bonchev–Trinajstić information content (AvgIpc) is 3.05. The van der Waals surface area contributed by atoms with E-state index in [0.717, 1.165) is 40.1 Å². The van der Waals surface area contributed by atoms with Gasteiger partial charge >= 0.3 is 0 Å². The summed E-state index contributed by atoms with van der Waals surface area (Å²) >= 11 is 1.64. The lowest BCUT2D eigenvalue weighted by Gasteiger charge is -1.93. The molecule has 0 spiro atoms. The maximum Gasteiger partial charge on any atom is 0.134 e. The van der Waals surface area contributed by atoms with E-state index in [0.29, 0.717) is 6.42 Å². The number of thiazole rings is 1. The summed E-state index contributed by atoms with van der Waals surface area (Å²) in [7, 11) is 0. The predicted octanol–water partition coefficient (Wildman–Crippen LogP) is 4.40. The van der Waals surface area contributed by atoms with Gasteiger partial charge in [0.15, 0.2) is 0 Å². The molecular formula is C15H12N2OS. The fourth-order valence-corrected chi connectivity index (χ4v) is 2.88. The van der Waals surface area contributed by atoms with Gasteiger partial charge in [0, 0.05) is 29.2 Å². The van der Waals surface area contributed by atoms with Crippen LogP contribution in [0.15, 0.2) is 40.3 Å². The predicted molar refractivity (Wildman–Crippen MR) is 75.9 cm³/mol. The zero-order valence-corrected chi connectivity index (χ0v) is 11.1. The highest BCUT2D eigenvalue weighted by molar-refractivity contribution is 7.09. The van der Waals surface area contributed by atoms with Crippen molar-refractivity contribution in [2.75, 3.05) is 0 Å². The summed E-state index contributed by atoms with van der Waals surface area (Å²) in [5, 5.41) is 12.8. The number of nitrogens with zero attached hydrogens (tertiary/aromatic N) is 2. The average molecular weight is 268 g/mol. The smallest absolute Gasteiger partial charge is 0.134 e. The molecule has 2 heterocycles. The van der Waals surface area contributed by atoms with Gasteiger partial charge in [0.25, 0.3) is 0 Å². The van der Waals surface area contributed by atoms with Crippen LogP contribution in [-0.2, 0) is 6.42 Å². The molecule has 0 aliphatic heterocycles. The number of benzene rings is 1. The number of rotatable bonds is 4. The van der Waals surface area contributed by atoms with Crippen molar-refractivity contribution in [2.45, 2.75) is 19.3 Å². The van der Waals surface area contributed by atoms with Crippen LogP contribution < -0.4 is 0 Å². The monoisotopic (exact) mass is 268 g/mol. The van der Waals surface area contributed by atoms with Crippen LogP contribution in [-0.4, -0.2) is 4.98 Å². The second-order valence-corrected chi connectivity index (χ2v) is 5.23. The number of para-hydroxylation sites is 1. The maximum absolute atomic E-state index is 8.54. The second-order valence-electron chi connectivity index (χ2n) is 4.28. The van der Waals surface area contributed by atoms with Crippen molar-refractivity contribution in [3.63, 3.8) is 0 Å². The number of aromatic nitrogens is 1. The van der Waals surface area contributed by atoms with Crippen molar-refractivity contribution in [1.82, 2.24) is 4.98 Å². The standard InChI is InChI=1S/C15H12N2OS/c16-8-4-3-7-15-17-13(10-19-15)12-9-18-14-6-2-1-5-11(12)14/h1-2,5-6,9-10H,3-4,7H2. The van der Waals surface area contributed by atoms with E-state index in [-0.39, 0.29) is 0 Å². The number of fused-ring (bicyclic) bond motifs is 1. The van der Waals surface area contributed by atoms with Gasteiger partial charge in [0.1, 0.15) is 11.8 Å². The summed E-state index contributed by atoms with van der Waals surface area (Å²) in [6, 6.07) is 10.1. The summed E-state index contributed by atoms with van der Waals surface area (Å²) in [6.07, 6.45) is 4.09. The van der Waals surface area contributed by atoms with E-state index in [1.807, 2.05) is 24.3 Å². The first-order valence-corrected chi connectivity index (χ1v) is 7.04. The Morgan fingerprint density at radius 1 is 1.32 bits per heavy atom. The Morgan fingerprint density at radius 2 is 2.21 bits per heavy atom. The lowest BCUT2D eigenvalue weighted by molar-refractivity contribution is 0.617. The van der Waals surface area contributed by atoms with Gasteiger partial charge in [0.2, 0.25) is 0 Å². The van der Waals surface area contributed by atoms with Gasteiger partial charge in [-0.2, -0.15) is 5.26 Å². The minimum Gasteiger partial charge on any atom is -0.464 e. The molecule has 4 heteroatoms. The van der Waals surface area contributed by atoms with Crippen molar-refractivity contribution in [3.05, 3.63) is 40.9 Å². The van der Waals surface area contributed by atoms with Gasteiger partial charge < -0.3 is 4.42 Å². The highest BCUT2D eigenvalue weighted by atomic mass is 32.1. The largest absolute Gasteiger partial charge is 0.464 e. The number of hydrogen-bond donors (Lipinski definition) is 0. The van der Waals surface area contributed by atoms with E-state index in [9.17, 15) is 0 Å². The molecule has 0 saturated carbocycles. The number of aryl methyl sites for hydroxylation is 1. The Bertz CT molecular complexity index is 736. The molecule has 0 aliphatic carbocycles. The molecule has 3 rings (SSSR count). The van der Waals surface area contributed by atoms with E-state index in [1.54, 1.807) is 17.6 Å². The molecule has 0 unspecified atom stereocenters. The lowest BCUT2D eigenvalue weighted by atomic mass is 10.1. The van der Waals surface area contributed by atoms with Gasteiger partial charge in [-0.3, -0.25) is 0 Å². The quantitative estimate of drug-likeness (QED) is 0.659. The molecule has 3 nitrogen and oxygen atoms in total. The summed E-state index contributed by atoms with van der Waals surface area (Å²) in [5.41, 5.74) is 2.89. The summed E-state index contributed by atoms with van der Waals surface area (Å²) in [6.45, 7) is 0. The summed E-state index contributed by atoms with van der Waals surface area (Å²) in [4.78, 5) is 4.62. The molecule has 0 fully saturated rings. The highest BCUT2D eigenvalue weighted by Gasteiger charge is 2.10. The molecule has 0 amide bonds. The first-order chi connectivity index (χ1) is 9.38. The molecule has 0 saturated heterocycles. The van der Waals surface area contributed by atoms with Crippen LogP contribution in [0.1, 0.15) is 17.8 Å². The van der Waals surface area contributed by atoms with Crippen LogP contribution in [0.3, 0.4) is 0 Å². The highest BCUT2D eigenvalue weighted by Crippen LogP contribution is 2.31. The maximum atomic E-state index is 8.54. The lowest BCUT2D eigenvalue weighted by Crippen LogP contribution is -1.84. The summed E-state index contributed by atoms with van der Waals surface area (Å²) < 4.78 is 5.53. The molecule has 19 heavy (non-hydrogen) atoms. The van der Waals surface area contributed by atoms with Crippen LogP contribution in [0.2, 0.25) is 0 Å². The molecule has 0 atom stereocenters. The fraction of sp³-hybridized carbons (Fsp3) is 0.200. The third-order valence-electron chi connectivity index (χ3n) is 2.99. The van der Waals surface area contributed by atoms with Crippen LogP contribution >= 0.6 is 11.3 Å². The normalized spacial score (nSPS) is 10.7. The Morgan fingerprint density at radius 3 is 3.11 bits per heavy atom. The molecule has 3 aromatic rings. The number of nitriles is 1. The molecular weight excluding hydrogens is 256 g/mol. The van der Waals surface area contributed by atoms with Gasteiger partial charge in [-0.05, 0) is 12.5 Å². The van der Waals surface area contributed by atoms with E-state index in [1.165, 1.54) is 0 Å². The van der Waals surface area contributed by atoms with Crippen LogP contribution in [0.4, 0.5) is 0 Å². The van der Waals surface area contributed by atoms with Crippen molar-refractivity contribution in [3.8, 4) is 17.3 Å². The van der Waals surface area contributed by atoms with Crippen LogP contribution in [0.25, 0.3) is 22.2 Å². The van der Waals surface area contributed by atoms with Crippen molar-refractivity contribution < 1.29 is 4.42 Å². The van der Waals surface area contributed by atoms with E-state index < -0.39 is 0 Å². The van der Waals surface area contributed by atoms with E-state index >= 15 is 0 Å². The molecule has 0 N–H and O–H groups in total. The first-order valence-electron chi connectivity index (χ1n) is 6.16. The Labute approximate surface area is 115 Å². The minimum absolute atomic E-state index is 0.587. The third-order valence-corrected chi connectivity index (χ3v) is 3.90. The van der Waals surface area contributed by atoms with Crippen molar-refractivity contribution in [2.24, 2.45) is 0 Å². The molecule has 0 aliphatic rings. The Balaban J connectivity index is 1.88. The minimum atomic E-state index is 0.587. The molecule has 0 bridgehead atoms. The molecule has 1 aromatic carbocycles. The number of furan rings is 1. The van der Waals surface area contributed by atoms with Gasteiger partial charge in [-0.15, -0.1) is 11.3 Å². The molecule has 2 aromatic heterocycles. The van der Waals surface area contributed by atoms with Gasteiger partial charge in [-0.25, -0.2) is 4.98 Å². The van der Waals surface area contributed by atoms with E-state index in [4.69, 9.17) is 9.68 Å².